The predicted octanol–water partition coefficient (Wildman–Crippen LogP) is 2.08. The van der Waals surface area contributed by atoms with E-state index < -0.39 is 10.0 Å². The molecular formula is C16H19N5O2S. The molecule has 0 spiro atoms. The molecule has 0 saturated heterocycles. The van der Waals surface area contributed by atoms with Crippen LogP contribution in [0.1, 0.15) is 17.0 Å². The smallest absolute Gasteiger partial charge is 0.262 e. The first-order valence-electron chi connectivity index (χ1n) is 7.44. The number of anilines is 1. The van der Waals surface area contributed by atoms with Crippen LogP contribution in [0.2, 0.25) is 0 Å². The van der Waals surface area contributed by atoms with Gasteiger partial charge in [-0.3, -0.25) is 9.40 Å². The molecule has 1 aromatic carbocycles. The first-order chi connectivity index (χ1) is 11.4. The van der Waals surface area contributed by atoms with Gasteiger partial charge in [-0.05, 0) is 31.5 Å². The molecule has 3 rings (SSSR count). The first-order valence-corrected chi connectivity index (χ1v) is 8.93. The minimum atomic E-state index is -3.65. The number of benzene rings is 1. The van der Waals surface area contributed by atoms with Crippen LogP contribution in [0.3, 0.4) is 0 Å². The lowest BCUT2D eigenvalue weighted by molar-refractivity contribution is 0.601. The molecule has 0 unspecified atom stereocenters. The third-order valence-electron chi connectivity index (χ3n) is 3.90. The molecule has 0 radical (unpaired) electrons. The molecule has 0 saturated carbocycles. The highest BCUT2D eigenvalue weighted by atomic mass is 32.2. The van der Waals surface area contributed by atoms with E-state index in [0.717, 1.165) is 11.3 Å². The summed E-state index contributed by atoms with van der Waals surface area (Å²) < 4.78 is 31.4. The summed E-state index contributed by atoms with van der Waals surface area (Å²) in [6, 6.07) is 6.82. The first kappa shape index (κ1) is 16.3. The highest BCUT2D eigenvalue weighted by Gasteiger charge is 2.19. The van der Waals surface area contributed by atoms with Gasteiger partial charge in [0, 0.05) is 26.0 Å². The molecule has 7 nitrogen and oxygen atoms in total. The van der Waals surface area contributed by atoms with E-state index in [1.807, 2.05) is 17.7 Å². The molecule has 2 heterocycles. The molecule has 2 aromatic heterocycles. The molecule has 1 N–H and O–H groups in total. The average Bonchev–Trinajstić information content (AvgIpc) is 3.12. The Kier molecular flexibility index (Phi) is 4.15. The van der Waals surface area contributed by atoms with E-state index in [1.54, 1.807) is 55.4 Å². The van der Waals surface area contributed by atoms with Crippen molar-refractivity contribution in [3.63, 3.8) is 0 Å². The number of hydrogen-bond acceptors (Lipinski definition) is 4. The number of aromatic nitrogens is 4. The highest BCUT2D eigenvalue weighted by molar-refractivity contribution is 7.92. The Bertz CT molecular complexity index is 941. The normalized spacial score (nSPS) is 11.6. The third kappa shape index (κ3) is 3.18. The van der Waals surface area contributed by atoms with Crippen molar-refractivity contribution in [2.45, 2.75) is 25.3 Å². The van der Waals surface area contributed by atoms with Crippen molar-refractivity contribution < 1.29 is 8.42 Å². The topological polar surface area (TPSA) is 81.8 Å². The zero-order chi connectivity index (χ0) is 17.3. The van der Waals surface area contributed by atoms with Gasteiger partial charge in [-0.2, -0.15) is 5.10 Å². The monoisotopic (exact) mass is 345 g/mol. The van der Waals surface area contributed by atoms with Crippen LogP contribution in [0, 0.1) is 13.8 Å². The van der Waals surface area contributed by atoms with Gasteiger partial charge in [-0.1, -0.05) is 12.1 Å². The second-order valence-electron chi connectivity index (χ2n) is 5.65. The van der Waals surface area contributed by atoms with Crippen LogP contribution in [0.15, 0.2) is 47.9 Å². The van der Waals surface area contributed by atoms with Crippen LogP contribution < -0.4 is 4.72 Å². The molecule has 126 valence electrons. The molecule has 0 aliphatic carbocycles. The van der Waals surface area contributed by atoms with Gasteiger partial charge in [-0.15, -0.1) is 0 Å². The van der Waals surface area contributed by atoms with E-state index in [-0.39, 0.29) is 4.90 Å². The molecule has 8 heteroatoms. The number of hydrogen-bond donors (Lipinski definition) is 1. The van der Waals surface area contributed by atoms with Crippen LogP contribution in [0.4, 0.5) is 5.69 Å². The minimum Gasteiger partial charge on any atom is -0.333 e. The Morgan fingerprint density at radius 1 is 1.17 bits per heavy atom. The fourth-order valence-corrected chi connectivity index (χ4v) is 3.66. The zero-order valence-corrected chi connectivity index (χ0v) is 14.6. The summed E-state index contributed by atoms with van der Waals surface area (Å²) in [4.78, 5) is 4.21. The molecule has 0 bridgehead atoms. The number of nitrogens with one attached hydrogen (secondary N) is 1. The zero-order valence-electron chi connectivity index (χ0n) is 13.8. The molecule has 0 aliphatic rings. The van der Waals surface area contributed by atoms with Crippen molar-refractivity contribution in [2.75, 3.05) is 4.72 Å². The highest BCUT2D eigenvalue weighted by Crippen LogP contribution is 2.23. The van der Waals surface area contributed by atoms with Crippen molar-refractivity contribution in [3.05, 3.63) is 59.9 Å². The van der Waals surface area contributed by atoms with Crippen molar-refractivity contribution in [3.8, 4) is 0 Å². The Balaban J connectivity index is 1.82. The third-order valence-corrected chi connectivity index (χ3v) is 5.27. The average molecular weight is 345 g/mol. The largest absolute Gasteiger partial charge is 0.333 e. The van der Waals surface area contributed by atoms with E-state index in [2.05, 4.69) is 14.8 Å². The van der Waals surface area contributed by atoms with Crippen molar-refractivity contribution in [1.82, 2.24) is 19.3 Å². The summed E-state index contributed by atoms with van der Waals surface area (Å²) in [5.41, 5.74) is 2.95. The molecule has 0 amide bonds. The van der Waals surface area contributed by atoms with E-state index in [4.69, 9.17) is 0 Å². The maximum Gasteiger partial charge on any atom is 0.262 e. The molecule has 0 fully saturated rings. The second-order valence-corrected chi connectivity index (χ2v) is 7.34. The summed E-state index contributed by atoms with van der Waals surface area (Å²) in [6.45, 7) is 4.25. The van der Waals surface area contributed by atoms with Gasteiger partial charge in [-0.25, -0.2) is 13.4 Å². The van der Waals surface area contributed by atoms with Gasteiger partial charge in [0.1, 0.15) is 0 Å². The molecule has 0 aliphatic heterocycles. The fraction of sp³-hybridized carbons (Fsp3) is 0.250. The Morgan fingerprint density at radius 3 is 2.42 bits per heavy atom. The van der Waals surface area contributed by atoms with Crippen molar-refractivity contribution >= 4 is 15.7 Å². The van der Waals surface area contributed by atoms with Gasteiger partial charge in [0.05, 0.1) is 28.3 Å². The Labute approximate surface area is 141 Å². The van der Waals surface area contributed by atoms with Gasteiger partial charge in [0.25, 0.3) is 10.0 Å². The summed E-state index contributed by atoms with van der Waals surface area (Å²) in [7, 11) is -1.86. The number of imidazole rings is 1. The van der Waals surface area contributed by atoms with Crippen LogP contribution in [-0.2, 0) is 23.6 Å². The standard InChI is InChI=1S/C16H19N5O2S/c1-12-16(13(2)20(3)18-12)19-24(22,23)15-6-4-14(5-7-15)10-21-9-8-17-11-21/h4-9,11,19H,10H2,1-3H3. The Hall–Kier alpha value is -2.61. The lowest BCUT2D eigenvalue weighted by atomic mass is 10.2. The maximum atomic E-state index is 12.6. The number of rotatable bonds is 5. The van der Waals surface area contributed by atoms with Crippen LogP contribution in [0.5, 0.6) is 0 Å². The molecule has 24 heavy (non-hydrogen) atoms. The van der Waals surface area contributed by atoms with E-state index in [9.17, 15) is 8.42 Å². The summed E-state index contributed by atoms with van der Waals surface area (Å²) in [5.74, 6) is 0. The maximum absolute atomic E-state index is 12.6. The van der Waals surface area contributed by atoms with Crippen LogP contribution in [-0.4, -0.2) is 27.7 Å². The van der Waals surface area contributed by atoms with Crippen molar-refractivity contribution in [1.29, 1.82) is 0 Å². The Morgan fingerprint density at radius 2 is 1.88 bits per heavy atom. The van der Waals surface area contributed by atoms with E-state index >= 15 is 0 Å². The van der Waals surface area contributed by atoms with Gasteiger partial charge < -0.3 is 4.57 Å². The lowest BCUT2D eigenvalue weighted by Crippen LogP contribution is -2.14. The summed E-state index contributed by atoms with van der Waals surface area (Å²) in [6.07, 6.45) is 5.29. The minimum absolute atomic E-state index is 0.222. The van der Waals surface area contributed by atoms with Gasteiger partial charge in [0.15, 0.2) is 0 Å². The van der Waals surface area contributed by atoms with Crippen molar-refractivity contribution in [2.24, 2.45) is 7.05 Å². The molecular weight excluding hydrogens is 326 g/mol. The predicted molar refractivity (Wildman–Crippen MR) is 91.3 cm³/mol. The number of sulfonamides is 1. The van der Waals surface area contributed by atoms with Gasteiger partial charge >= 0.3 is 0 Å². The lowest BCUT2D eigenvalue weighted by Gasteiger charge is -2.09. The van der Waals surface area contributed by atoms with Crippen LogP contribution >= 0.6 is 0 Å². The molecule has 3 aromatic rings. The number of nitrogens with zero attached hydrogens (tertiary/aromatic N) is 4. The van der Waals surface area contributed by atoms with E-state index in [0.29, 0.717) is 17.9 Å². The quantitative estimate of drug-likeness (QED) is 0.767. The second kappa shape index (κ2) is 6.12. The fourth-order valence-electron chi connectivity index (χ4n) is 2.48. The summed E-state index contributed by atoms with van der Waals surface area (Å²) >= 11 is 0. The van der Waals surface area contributed by atoms with Crippen LogP contribution in [0.25, 0.3) is 0 Å². The molecule has 0 atom stereocenters. The van der Waals surface area contributed by atoms with Gasteiger partial charge in [0.2, 0.25) is 0 Å². The SMILES string of the molecule is Cc1nn(C)c(C)c1NS(=O)(=O)c1ccc(Cn2ccnc2)cc1. The summed E-state index contributed by atoms with van der Waals surface area (Å²) in [5, 5.41) is 4.23. The van der Waals surface area contributed by atoms with E-state index in [1.165, 1.54) is 0 Å². The number of aryl methyl sites for hydroxylation is 2.